The Morgan fingerprint density at radius 3 is 2.52 bits per heavy atom. The van der Waals surface area contributed by atoms with Gasteiger partial charge in [0.1, 0.15) is 11.4 Å². The van der Waals surface area contributed by atoms with Crippen LogP contribution in [0.1, 0.15) is 54.4 Å². The van der Waals surface area contributed by atoms with Crippen molar-refractivity contribution in [2.45, 2.75) is 44.1 Å². The molecular formula is C26H28ClFN2O3. The van der Waals surface area contributed by atoms with E-state index in [1.807, 2.05) is 18.2 Å². The van der Waals surface area contributed by atoms with Crippen LogP contribution in [0.3, 0.4) is 0 Å². The molecule has 1 saturated heterocycles. The van der Waals surface area contributed by atoms with Gasteiger partial charge in [-0.05, 0) is 62.4 Å². The van der Waals surface area contributed by atoms with Crippen molar-refractivity contribution in [2.24, 2.45) is 5.92 Å². The average Bonchev–Trinajstić information content (AvgIpc) is 2.84. The minimum atomic E-state index is -1.09. The van der Waals surface area contributed by atoms with Crippen LogP contribution >= 0.6 is 11.6 Å². The number of Topliss-reactive ketones (excluding diaryl/α,β-unsaturated/α-hetero) is 1. The van der Waals surface area contributed by atoms with Crippen LogP contribution in [0.4, 0.5) is 4.39 Å². The lowest BCUT2D eigenvalue weighted by Gasteiger charge is -2.46. The van der Waals surface area contributed by atoms with E-state index in [4.69, 9.17) is 11.6 Å². The zero-order valence-electron chi connectivity index (χ0n) is 18.7. The molecule has 5 nitrogen and oxygen atoms in total. The van der Waals surface area contributed by atoms with Crippen molar-refractivity contribution >= 4 is 29.2 Å². The molecule has 2 aromatic rings. The van der Waals surface area contributed by atoms with Gasteiger partial charge in [0.25, 0.3) is 5.91 Å². The molecule has 1 aliphatic carbocycles. The molecule has 1 aliphatic heterocycles. The van der Waals surface area contributed by atoms with Crippen LogP contribution in [-0.4, -0.2) is 47.5 Å². The first-order valence-corrected chi connectivity index (χ1v) is 11.8. The molecule has 2 aromatic carbocycles. The van der Waals surface area contributed by atoms with Gasteiger partial charge in [0, 0.05) is 42.7 Å². The zero-order valence-corrected chi connectivity index (χ0v) is 19.5. The van der Waals surface area contributed by atoms with Gasteiger partial charge in [0.05, 0.1) is 5.92 Å². The Morgan fingerprint density at radius 2 is 1.82 bits per heavy atom. The van der Waals surface area contributed by atoms with Crippen molar-refractivity contribution in [1.29, 1.82) is 0 Å². The number of hydrogen-bond acceptors (Lipinski definition) is 3. The standard InChI is InChI=1S/C26H28ClFN2O3/c1-29(26(15-5-4-10-23(26)31)21-8-2-3-9-22(21)27)24(32)19-7-6-16-30(17-19)25(33)18-11-13-20(28)14-12-18/h2-3,8-9,11-14,19H,4-7,10,15-17H2,1H3. The van der Waals surface area contributed by atoms with Gasteiger partial charge in [-0.1, -0.05) is 29.8 Å². The lowest BCUT2D eigenvalue weighted by atomic mass is 9.73. The molecule has 174 valence electrons. The molecule has 7 heteroatoms. The van der Waals surface area contributed by atoms with Crippen LogP contribution in [0.5, 0.6) is 0 Å². The zero-order chi connectivity index (χ0) is 23.6. The number of likely N-dealkylation sites (N-methyl/N-ethyl adjacent to an activating group) is 1. The van der Waals surface area contributed by atoms with E-state index in [1.54, 1.807) is 22.9 Å². The second kappa shape index (κ2) is 9.64. The summed E-state index contributed by atoms with van der Waals surface area (Å²) in [7, 11) is 1.69. The molecule has 0 bridgehead atoms. The highest BCUT2D eigenvalue weighted by atomic mass is 35.5. The summed E-state index contributed by atoms with van der Waals surface area (Å²) in [5.74, 6) is -1.18. The molecule has 0 aromatic heterocycles. The summed E-state index contributed by atoms with van der Waals surface area (Å²) in [4.78, 5) is 43.2. The van der Waals surface area contributed by atoms with Gasteiger partial charge < -0.3 is 9.80 Å². The molecule has 4 rings (SSSR count). The third-order valence-corrected chi connectivity index (χ3v) is 7.35. The van der Waals surface area contributed by atoms with E-state index in [1.165, 1.54) is 24.3 Å². The predicted molar refractivity (Wildman–Crippen MR) is 124 cm³/mol. The fourth-order valence-electron chi connectivity index (χ4n) is 5.23. The normalized spacial score (nSPS) is 23.3. The SMILES string of the molecule is CN(C(=O)C1CCCN(C(=O)c2ccc(F)cc2)C1)C1(c2ccccc2Cl)CCCCC1=O. The Hall–Kier alpha value is -2.73. The minimum absolute atomic E-state index is 0.00718. The van der Waals surface area contributed by atoms with Gasteiger partial charge in [-0.15, -0.1) is 0 Å². The maximum absolute atomic E-state index is 13.7. The van der Waals surface area contributed by atoms with Crippen molar-refractivity contribution in [1.82, 2.24) is 9.80 Å². The maximum Gasteiger partial charge on any atom is 0.253 e. The molecule has 2 aliphatic rings. The smallest absolute Gasteiger partial charge is 0.253 e. The monoisotopic (exact) mass is 470 g/mol. The Morgan fingerprint density at radius 1 is 1.09 bits per heavy atom. The number of likely N-dealkylation sites (tertiary alicyclic amines) is 1. The fourth-order valence-corrected chi connectivity index (χ4v) is 5.52. The molecular weight excluding hydrogens is 443 g/mol. The van der Waals surface area contributed by atoms with E-state index in [0.717, 1.165) is 12.8 Å². The summed E-state index contributed by atoms with van der Waals surface area (Å²) in [5, 5.41) is 0.476. The number of carbonyl (C=O) groups excluding carboxylic acids is 3. The molecule has 0 spiro atoms. The predicted octanol–water partition coefficient (Wildman–Crippen LogP) is 4.83. The number of hydrogen-bond donors (Lipinski definition) is 0. The quantitative estimate of drug-likeness (QED) is 0.643. The highest BCUT2D eigenvalue weighted by Gasteiger charge is 2.49. The lowest BCUT2D eigenvalue weighted by Crippen LogP contribution is -2.57. The highest BCUT2D eigenvalue weighted by Crippen LogP contribution is 2.43. The number of carbonyl (C=O) groups is 3. The van der Waals surface area contributed by atoms with Crippen LogP contribution in [0, 0.1) is 11.7 Å². The molecule has 0 radical (unpaired) electrons. The van der Waals surface area contributed by atoms with Gasteiger partial charge in [0.15, 0.2) is 5.78 Å². The number of rotatable bonds is 4. The van der Waals surface area contributed by atoms with Gasteiger partial charge in [-0.3, -0.25) is 14.4 Å². The summed E-state index contributed by atoms with van der Waals surface area (Å²) in [5.41, 5.74) is -0.0215. The average molecular weight is 471 g/mol. The van der Waals surface area contributed by atoms with Crippen LogP contribution < -0.4 is 0 Å². The number of benzene rings is 2. The first-order chi connectivity index (χ1) is 15.8. The molecule has 0 N–H and O–H groups in total. The van der Waals surface area contributed by atoms with Crippen LogP contribution in [0.25, 0.3) is 0 Å². The number of nitrogens with zero attached hydrogens (tertiary/aromatic N) is 2. The van der Waals surface area contributed by atoms with E-state index < -0.39 is 17.3 Å². The lowest BCUT2D eigenvalue weighted by molar-refractivity contribution is -0.151. The first-order valence-electron chi connectivity index (χ1n) is 11.5. The molecule has 33 heavy (non-hydrogen) atoms. The third kappa shape index (κ3) is 4.41. The molecule has 1 heterocycles. The second-order valence-electron chi connectivity index (χ2n) is 8.96. The van der Waals surface area contributed by atoms with E-state index >= 15 is 0 Å². The second-order valence-corrected chi connectivity index (χ2v) is 9.37. The number of halogens is 2. The Bertz CT molecular complexity index is 1060. The van der Waals surface area contributed by atoms with Crippen molar-refractivity contribution in [2.75, 3.05) is 20.1 Å². The number of piperidine rings is 1. The van der Waals surface area contributed by atoms with Crippen LogP contribution in [-0.2, 0) is 15.1 Å². The molecule has 2 atom stereocenters. The Balaban J connectivity index is 1.59. The highest BCUT2D eigenvalue weighted by molar-refractivity contribution is 6.31. The van der Waals surface area contributed by atoms with E-state index in [-0.39, 0.29) is 24.1 Å². The topological polar surface area (TPSA) is 57.7 Å². The maximum atomic E-state index is 13.7. The summed E-state index contributed by atoms with van der Waals surface area (Å²) >= 11 is 6.52. The van der Waals surface area contributed by atoms with Crippen LogP contribution in [0.15, 0.2) is 48.5 Å². The summed E-state index contributed by atoms with van der Waals surface area (Å²) in [6.07, 6.45) is 3.89. The third-order valence-electron chi connectivity index (χ3n) is 7.03. The fraction of sp³-hybridized carbons (Fsp3) is 0.423. The number of ketones is 1. The van der Waals surface area contributed by atoms with Gasteiger partial charge >= 0.3 is 0 Å². The molecule has 2 unspecified atom stereocenters. The summed E-state index contributed by atoms with van der Waals surface area (Å²) < 4.78 is 13.2. The van der Waals surface area contributed by atoms with E-state index in [0.29, 0.717) is 48.4 Å². The van der Waals surface area contributed by atoms with Gasteiger partial charge in [-0.25, -0.2) is 4.39 Å². The van der Waals surface area contributed by atoms with E-state index in [9.17, 15) is 18.8 Å². The summed E-state index contributed by atoms with van der Waals surface area (Å²) in [6, 6.07) is 12.7. The van der Waals surface area contributed by atoms with E-state index in [2.05, 4.69) is 0 Å². The van der Waals surface area contributed by atoms with Crippen molar-refractivity contribution < 1.29 is 18.8 Å². The largest absolute Gasteiger partial charge is 0.338 e. The minimum Gasteiger partial charge on any atom is -0.338 e. The van der Waals surface area contributed by atoms with Crippen molar-refractivity contribution in [3.05, 3.63) is 70.5 Å². The van der Waals surface area contributed by atoms with Gasteiger partial charge in [0.2, 0.25) is 5.91 Å². The molecule has 2 fully saturated rings. The van der Waals surface area contributed by atoms with Gasteiger partial charge in [-0.2, -0.15) is 0 Å². The Kier molecular flexibility index (Phi) is 6.84. The molecule has 2 amide bonds. The molecule has 1 saturated carbocycles. The number of amides is 2. The first kappa shape index (κ1) is 23.4. The van der Waals surface area contributed by atoms with Crippen molar-refractivity contribution in [3.63, 3.8) is 0 Å². The van der Waals surface area contributed by atoms with Crippen molar-refractivity contribution in [3.8, 4) is 0 Å². The van der Waals surface area contributed by atoms with Crippen LogP contribution in [0.2, 0.25) is 5.02 Å². The Labute approximate surface area is 198 Å². The summed E-state index contributed by atoms with van der Waals surface area (Å²) in [6.45, 7) is 0.810.